The van der Waals surface area contributed by atoms with Gasteiger partial charge in [0, 0.05) is 17.5 Å². The second kappa shape index (κ2) is 8.06. The van der Waals surface area contributed by atoms with Gasteiger partial charge in [-0.2, -0.15) is 0 Å². The quantitative estimate of drug-likeness (QED) is 0.524. The summed E-state index contributed by atoms with van der Waals surface area (Å²) in [4.78, 5) is 23.0. The highest BCUT2D eigenvalue weighted by Crippen LogP contribution is 2.30. The second-order valence-corrected chi connectivity index (χ2v) is 7.69. The molecule has 4 rings (SSSR count). The van der Waals surface area contributed by atoms with Crippen LogP contribution in [0.4, 0.5) is 0 Å². The Morgan fingerprint density at radius 1 is 1.11 bits per heavy atom. The largest absolute Gasteiger partial charge is 0.387 e. The molecule has 28 heavy (non-hydrogen) atoms. The van der Waals surface area contributed by atoms with E-state index in [0.717, 1.165) is 21.5 Å². The Labute approximate surface area is 166 Å². The Kier molecular flexibility index (Phi) is 5.34. The van der Waals surface area contributed by atoms with Crippen molar-refractivity contribution in [1.29, 1.82) is 0 Å². The summed E-state index contributed by atoms with van der Waals surface area (Å²) in [5, 5.41) is 13.0. The minimum atomic E-state index is -0.590. The first-order valence-electron chi connectivity index (χ1n) is 9.09. The van der Waals surface area contributed by atoms with Crippen LogP contribution in [0.2, 0.25) is 0 Å². The third-order valence-corrected chi connectivity index (χ3v) is 5.54. The number of aliphatic hydroxyl groups excluding tert-OH is 1. The number of rotatable bonds is 6. The van der Waals surface area contributed by atoms with Gasteiger partial charge in [-0.15, -0.1) is 11.3 Å². The summed E-state index contributed by atoms with van der Waals surface area (Å²) in [5.41, 5.74) is 2.67. The number of thiophene rings is 1. The van der Waals surface area contributed by atoms with E-state index in [-0.39, 0.29) is 5.56 Å². The van der Waals surface area contributed by atoms with Gasteiger partial charge >= 0.3 is 0 Å². The standard InChI is InChI=1S/C22H21N3O2S/c1-25(12-18(26)16-10-6-3-7-11-16)13-19-23-21(27)20-17(14-28-22(20)24-19)15-8-4-2-5-9-15/h2-11,14,18,26H,12-13H2,1H3,(H,23,24,27). The smallest absolute Gasteiger partial charge is 0.260 e. The van der Waals surface area contributed by atoms with Crippen molar-refractivity contribution < 1.29 is 5.11 Å². The highest BCUT2D eigenvalue weighted by atomic mass is 32.1. The normalized spacial score (nSPS) is 12.5. The van der Waals surface area contributed by atoms with Crippen molar-refractivity contribution in [2.75, 3.05) is 13.6 Å². The van der Waals surface area contributed by atoms with E-state index in [1.165, 1.54) is 11.3 Å². The summed E-state index contributed by atoms with van der Waals surface area (Å²) in [6.45, 7) is 0.902. The van der Waals surface area contributed by atoms with E-state index in [2.05, 4.69) is 9.97 Å². The molecular formula is C22H21N3O2S. The highest BCUT2D eigenvalue weighted by molar-refractivity contribution is 7.17. The Morgan fingerprint density at radius 2 is 1.79 bits per heavy atom. The van der Waals surface area contributed by atoms with Gasteiger partial charge in [-0.3, -0.25) is 9.69 Å². The van der Waals surface area contributed by atoms with E-state index in [4.69, 9.17) is 0 Å². The molecule has 1 atom stereocenters. The molecule has 2 heterocycles. The monoisotopic (exact) mass is 391 g/mol. The number of aliphatic hydroxyl groups is 1. The number of hydrogen-bond donors (Lipinski definition) is 2. The molecule has 6 heteroatoms. The zero-order valence-electron chi connectivity index (χ0n) is 15.5. The van der Waals surface area contributed by atoms with E-state index in [0.29, 0.717) is 24.3 Å². The molecule has 2 aromatic carbocycles. The van der Waals surface area contributed by atoms with Crippen LogP contribution in [0.25, 0.3) is 21.3 Å². The predicted octanol–water partition coefficient (Wildman–Crippen LogP) is 3.82. The molecule has 0 amide bonds. The first-order chi connectivity index (χ1) is 13.6. The van der Waals surface area contributed by atoms with E-state index in [1.807, 2.05) is 78.0 Å². The molecule has 0 spiro atoms. The van der Waals surface area contributed by atoms with Crippen LogP contribution in [-0.4, -0.2) is 33.6 Å². The van der Waals surface area contributed by atoms with Crippen LogP contribution < -0.4 is 5.56 Å². The summed E-state index contributed by atoms with van der Waals surface area (Å²) in [6, 6.07) is 19.4. The number of aromatic nitrogens is 2. The average molecular weight is 391 g/mol. The van der Waals surface area contributed by atoms with Crippen molar-refractivity contribution in [3.05, 3.63) is 87.8 Å². The maximum absolute atomic E-state index is 12.7. The van der Waals surface area contributed by atoms with E-state index in [9.17, 15) is 9.90 Å². The molecule has 0 aliphatic rings. The topological polar surface area (TPSA) is 69.2 Å². The molecule has 0 saturated carbocycles. The van der Waals surface area contributed by atoms with Crippen LogP contribution in [0.3, 0.4) is 0 Å². The number of hydrogen-bond acceptors (Lipinski definition) is 5. The van der Waals surface area contributed by atoms with Gasteiger partial charge in [-0.1, -0.05) is 60.7 Å². The predicted molar refractivity (Wildman–Crippen MR) is 113 cm³/mol. The molecule has 0 saturated heterocycles. The Balaban J connectivity index is 1.54. The van der Waals surface area contributed by atoms with E-state index < -0.39 is 6.10 Å². The summed E-state index contributed by atoms with van der Waals surface area (Å²) in [6.07, 6.45) is -0.590. The lowest BCUT2D eigenvalue weighted by Crippen LogP contribution is -2.26. The first-order valence-corrected chi connectivity index (χ1v) is 9.97. The molecule has 2 N–H and O–H groups in total. The number of H-pyrrole nitrogens is 1. The number of benzene rings is 2. The Bertz CT molecular complexity index is 1120. The summed E-state index contributed by atoms with van der Waals surface area (Å²) >= 11 is 1.48. The number of nitrogens with one attached hydrogen (secondary N) is 1. The van der Waals surface area contributed by atoms with E-state index in [1.54, 1.807) is 0 Å². The van der Waals surface area contributed by atoms with Gasteiger partial charge in [0.2, 0.25) is 0 Å². The zero-order valence-corrected chi connectivity index (χ0v) is 16.3. The molecule has 1 unspecified atom stereocenters. The molecule has 0 radical (unpaired) electrons. The first kappa shape index (κ1) is 18.6. The molecule has 0 aliphatic carbocycles. The number of aromatic amines is 1. The van der Waals surface area contributed by atoms with Gasteiger partial charge in [0.1, 0.15) is 10.7 Å². The molecule has 0 aliphatic heterocycles. The van der Waals surface area contributed by atoms with Gasteiger partial charge in [-0.05, 0) is 18.2 Å². The van der Waals surface area contributed by atoms with Crippen molar-refractivity contribution in [3.63, 3.8) is 0 Å². The van der Waals surface area contributed by atoms with Crippen LogP contribution in [0.15, 0.2) is 70.8 Å². The average Bonchev–Trinajstić information content (AvgIpc) is 3.14. The zero-order chi connectivity index (χ0) is 19.5. The molecule has 142 valence electrons. The minimum absolute atomic E-state index is 0.128. The number of nitrogens with zero attached hydrogens (tertiary/aromatic N) is 2. The molecule has 0 bridgehead atoms. The van der Waals surface area contributed by atoms with Gasteiger partial charge in [0.05, 0.1) is 18.0 Å². The molecule has 4 aromatic rings. The Hall–Kier alpha value is -2.80. The van der Waals surface area contributed by atoms with Gasteiger partial charge in [-0.25, -0.2) is 4.98 Å². The second-order valence-electron chi connectivity index (χ2n) is 6.83. The summed E-state index contributed by atoms with van der Waals surface area (Å²) in [5.74, 6) is 0.599. The lowest BCUT2D eigenvalue weighted by molar-refractivity contribution is 0.122. The number of fused-ring (bicyclic) bond motifs is 1. The van der Waals surface area contributed by atoms with Crippen molar-refractivity contribution in [1.82, 2.24) is 14.9 Å². The summed E-state index contributed by atoms with van der Waals surface area (Å²) in [7, 11) is 1.90. The van der Waals surface area contributed by atoms with Crippen molar-refractivity contribution in [2.45, 2.75) is 12.6 Å². The van der Waals surface area contributed by atoms with Crippen LogP contribution in [0.5, 0.6) is 0 Å². The van der Waals surface area contributed by atoms with Crippen LogP contribution >= 0.6 is 11.3 Å². The van der Waals surface area contributed by atoms with Gasteiger partial charge < -0.3 is 10.1 Å². The van der Waals surface area contributed by atoms with Gasteiger partial charge in [0.15, 0.2) is 0 Å². The fourth-order valence-electron chi connectivity index (χ4n) is 3.29. The molecular weight excluding hydrogens is 370 g/mol. The third kappa shape index (κ3) is 3.89. The lowest BCUT2D eigenvalue weighted by atomic mass is 10.1. The third-order valence-electron chi connectivity index (χ3n) is 4.67. The molecule has 2 aromatic heterocycles. The minimum Gasteiger partial charge on any atom is -0.387 e. The van der Waals surface area contributed by atoms with Crippen LogP contribution in [0.1, 0.15) is 17.5 Å². The maximum Gasteiger partial charge on any atom is 0.260 e. The highest BCUT2D eigenvalue weighted by Gasteiger charge is 2.15. The maximum atomic E-state index is 12.7. The van der Waals surface area contributed by atoms with Crippen LogP contribution in [0, 0.1) is 0 Å². The van der Waals surface area contributed by atoms with Crippen molar-refractivity contribution in [3.8, 4) is 11.1 Å². The fourth-order valence-corrected chi connectivity index (χ4v) is 4.26. The molecule has 0 fully saturated rings. The van der Waals surface area contributed by atoms with Crippen LogP contribution in [-0.2, 0) is 6.54 Å². The number of likely N-dealkylation sites (N-methyl/N-ethyl adjacent to an activating group) is 1. The van der Waals surface area contributed by atoms with E-state index >= 15 is 0 Å². The lowest BCUT2D eigenvalue weighted by Gasteiger charge is -2.20. The van der Waals surface area contributed by atoms with Gasteiger partial charge in [0.25, 0.3) is 5.56 Å². The van der Waals surface area contributed by atoms with Crippen molar-refractivity contribution >= 4 is 21.6 Å². The van der Waals surface area contributed by atoms with Crippen molar-refractivity contribution in [2.24, 2.45) is 0 Å². The summed E-state index contributed by atoms with van der Waals surface area (Å²) < 4.78 is 0. The SMILES string of the molecule is CN(Cc1nc2scc(-c3ccccc3)c2c(=O)[nH]1)CC(O)c1ccccc1. The fraction of sp³-hybridized carbons (Fsp3) is 0.182. The Morgan fingerprint density at radius 3 is 2.50 bits per heavy atom. The molecule has 5 nitrogen and oxygen atoms in total.